The zero-order valence-electron chi connectivity index (χ0n) is 25.2. The molecule has 2 unspecified atom stereocenters. The molecule has 0 fully saturated rings. The minimum atomic E-state index is -0.237. The van der Waals surface area contributed by atoms with Crippen molar-refractivity contribution in [3.8, 4) is 0 Å². The molecule has 0 N–H and O–H groups in total. The summed E-state index contributed by atoms with van der Waals surface area (Å²) >= 11 is 0. The Bertz CT molecular complexity index is 1830. The molecule has 1 aliphatic rings. The van der Waals surface area contributed by atoms with Crippen LogP contribution in [0.5, 0.6) is 0 Å². The van der Waals surface area contributed by atoms with Crippen LogP contribution in [-0.4, -0.2) is 19.9 Å². The third-order valence-electron chi connectivity index (χ3n) is 8.36. The van der Waals surface area contributed by atoms with Crippen molar-refractivity contribution in [1.29, 1.82) is 0 Å². The van der Waals surface area contributed by atoms with Gasteiger partial charge in [0.2, 0.25) is 0 Å². The summed E-state index contributed by atoms with van der Waals surface area (Å²) in [5.41, 5.74) is 13.3. The summed E-state index contributed by atoms with van der Waals surface area (Å²) in [5, 5.41) is 0. The van der Waals surface area contributed by atoms with Gasteiger partial charge in [0.1, 0.15) is 0 Å². The molecule has 216 valence electrons. The van der Waals surface area contributed by atoms with Crippen LogP contribution in [-0.2, 0) is 19.5 Å². The summed E-state index contributed by atoms with van der Waals surface area (Å²) in [5.74, 6) is -0.627. The van der Waals surface area contributed by atoms with Crippen molar-refractivity contribution in [3.63, 3.8) is 0 Å². The van der Waals surface area contributed by atoms with Gasteiger partial charge in [0.25, 0.3) is 0 Å². The van der Waals surface area contributed by atoms with Gasteiger partial charge >= 0.3 is 19.5 Å². The van der Waals surface area contributed by atoms with Gasteiger partial charge in [-0.1, -0.05) is 52.0 Å². The van der Waals surface area contributed by atoms with Crippen LogP contribution < -0.4 is 0 Å². The van der Waals surface area contributed by atoms with Crippen LogP contribution in [0.15, 0.2) is 103 Å². The molecule has 5 heterocycles. The van der Waals surface area contributed by atoms with Crippen molar-refractivity contribution in [3.05, 3.63) is 189 Å². The van der Waals surface area contributed by atoms with E-state index < -0.39 is 0 Å². The van der Waals surface area contributed by atoms with Gasteiger partial charge < -0.3 is 0 Å². The molecule has 2 aromatic carbocycles. The fourth-order valence-electron chi connectivity index (χ4n) is 6.42. The van der Waals surface area contributed by atoms with Gasteiger partial charge in [-0.3, -0.25) is 19.9 Å². The van der Waals surface area contributed by atoms with E-state index in [0.717, 1.165) is 51.0 Å². The van der Waals surface area contributed by atoms with E-state index in [-0.39, 0.29) is 37.2 Å². The molecule has 4 aromatic heterocycles. The Morgan fingerprint density at radius 1 is 0.477 bits per heavy atom. The second kappa shape index (κ2) is 12.3. The molecule has 0 saturated heterocycles. The average molecular weight is 658 g/mol. The van der Waals surface area contributed by atoms with Gasteiger partial charge in [-0.05, 0) is 48.5 Å². The van der Waals surface area contributed by atoms with Crippen molar-refractivity contribution in [2.45, 2.75) is 45.4 Å². The first-order chi connectivity index (χ1) is 21.0. The zero-order chi connectivity index (χ0) is 29.5. The minimum absolute atomic E-state index is 0. The van der Waals surface area contributed by atoms with E-state index in [1.165, 1.54) is 22.3 Å². The molecule has 1 aliphatic heterocycles. The molecule has 7 rings (SSSR count). The number of nitrogens with zero attached hydrogens (tertiary/aromatic N) is 4. The second-order valence-corrected chi connectivity index (χ2v) is 11.6. The van der Waals surface area contributed by atoms with E-state index >= 15 is 0 Å². The first kappa shape index (κ1) is 29.7. The third kappa shape index (κ3) is 5.53. The Morgan fingerprint density at radius 2 is 0.864 bits per heavy atom. The molecule has 0 aliphatic carbocycles. The van der Waals surface area contributed by atoms with E-state index in [1.54, 1.807) is 0 Å². The number of hydrogen-bond acceptors (Lipinski definition) is 4. The van der Waals surface area contributed by atoms with Gasteiger partial charge in [0, 0.05) is 18.0 Å². The molecule has 5 heteroatoms. The normalized spacial score (nSPS) is 17.1. The standard InChI is InChI=1S/C39H32N4.Ru/c1-24-17-19-28(26(3)22-24)37-31-11-7-12-32(41-31)38(29-20-18-25(2)23-27(29)4)34-14-9-16-36(43-34)39(30-10-5-6-21-40-30)35-15-8-13-33(37)42-35;/h5-18,21-23,37-39H,1-4H3;/q-2;+2. The van der Waals surface area contributed by atoms with Crippen LogP contribution >= 0.6 is 0 Å². The Labute approximate surface area is 272 Å². The number of benzene rings is 2. The maximum absolute atomic E-state index is 5.40. The van der Waals surface area contributed by atoms with Gasteiger partial charge in [0.05, 0.1) is 45.8 Å². The molecule has 0 spiro atoms. The van der Waals surface area contributed by atoms with E-state index in [0.29, 0.717) is 0 Å². The van der Waals surface area contributed by atoms with Crippen LogP contribution in [0, 0.1) is 39.8 Å². The number of pyridine rings is 4. The van der Waals surface area contributed by atoms with Crippen LogP contribution in [0.1, 0.15) is 91.0 Å². The Morgan fingerprint density at radius 3 is 1.23 bits per heavy atom. The second-order valence-electron chi connectivity index (χ2n) is 11.6. The van der Waals surface area contributed by atoms with E-state index in [9.17, 15) is 0 Å². The van der Waals surface area contributed by atoms with Crippen LogP contribution in [0.3, 0.4) is 0 Å². The third-order valence-corrected chi connectivity index (χ3v) is 8.36. The van der Waals surface area contributed by atoms with Crippen molar-refractivity contribution in [2.24, 2.45) is 0 Å². The Balaban J connectivity index is 0.00000343. The molecular formula is C39H32N4Ru. The summed E-state index contributed by atoms with van der Waals surface area (Å²) in [6, 6.07) is 40.7. The van der Waals surface area contributed by atoms with E-state index in [4.69, 9.17) is 19.9 Å². The predicted molar refractivity (Wildman–Crippen MR) is 169 cm³/mol. The van der Waals surface area contributed by atoms with Gasteiger partial charge in [-0.15, -0.1) is 11.1 Å². The summed E-state index contributed by atoms with van der Waals surface area (Å²) in [4.78, 5) is 20.9. The molecule has 4 nitrogen and oxygen atoms in total. The molecule has 6 aromatic rings. The Kier molecular flexibility index (Phi) is 8.34. The fraction of sp³-hybridized carbons (Fsp3) is 0.179. The molecule has 2 atom stereocenters. The largest absolute Gasteiger partial charge is 2.00 e. The quantitative estimate of drug-likeness (QED) is 0.143. The number of rotatable bonds is 3. The maximum Gasteiger partial charge on any atom is 2.00 e. The minimum Gasteiger partial charge on any atom is -0.260 e. The van der Waals surface area contributed by atoms with E-state index in [2.05, 4.69) is 125 Å². The molecule has 0 amide bonds. The maximum atomic E-state index is 5.40. The van der Waals surface area contributed by atoms with Gasteiger partial charge in [-0.25, -0.2) is 0 Å². The monoisotopic (exact) mass is 658 g/mol. The molecule has 6 bridgehead atoms. The number of hydrogen-bond donors (Lipinski definition) is 0. The smallest absolute Gasteiger partial charge is 0.260 e. The van der Waals surface area contributed by atoms with Crippen LogP contribution in [0.4, 0.5) is 0 Å². The SMILES string of the molecule is Cc1c[c-]c(C2c3cccc(n3)C(c3ccccn3)c3cccc(n3)C(c3[c-]cc(C)cc3C)c3cccc2n3)c(C)c1.[Ru+2]. The van der Waals surface area contributed by atoms with Crippen LogP contribution in [0.25, 0.3) is 0 Å². The molecule has 0 radical (unpaired) electrons. The van der Waals surface area contributed by atoms with Gasteiger partial charge in [-0.2, -0.15) is 58.7 Å². The average Bonchev–Trinajstić information content (AvgIpc) is 3.01. The Hall–Kier alpha value is -4.34. The fourth-order valence-corrected chi connectivity index (χ4v) is 6.42. The molecule has 44 heavy (non-hydrogen) atoms. The van der Waals surface area contributed by atoms with Crippen LogP contribution in [0.2, 0.25) is 0 Å². The molecular weight excluding hydrogens is 626 g/mol. The topological polar surface area (TPSA) is 51.6 Å². The van der Waals surface area contributed by atoms with Crippen molar-refractivity contribution in [1.82, 2.24) is 19.9 Å². The predicted octanol–water partition coefficient (Wildman–Crippen LogP) is 7.95. The van der Waals surface area contributed by atoms with E-state index in [1.807, 2.05) is 18.3 Å². The first-order valence-electron chi connectivity index (χ1n) is 14.8. The van der Waals surface area contributed by atoms with Crippen molar-refractivity contribution >= 4 is 0 Å². The summed E-state index contributed by atoms with van der Waals surface area (Å²) < 4.78 is 0. The zero-order valence-corrected chi connectivity index (χ0v) is 26.9. The summed E-state index contributed by atoms with van der Waals surface area (Å²) in [6.45, 7) is 8.52. The summed E-state index contributed by atoms with van der Waals surface area (Å²) in [6.07, 6.45) is 1.84. The van der Waals surface area contributed by atoms with Gasteiger partial charge in [0.15, 0.2) is 0 Å². The number of aromatic nitrogens is 4. The van der Waals surface area contributed by atoms with Crippen molar-refractivity contribution < 1.29 is 19.5 Å². The molecule has 0 saturated carbocycles. The van der Waals surface area contributed by atoms with Crippen molar-refractivity contribution in [2.75, 3.05) is 0 Å². The summed E-state index contributed by atoms with van der Waals surface area (Å²) in [7, 11) is 0. The number of fused-ring (bicyclic) bond motifs is 6. The first-order valence-corrected chi connectivity index (χ1v) is 14.8. The number of aryl methyl sites for hydroxylation is 4.